The lowest BCUT2D eigenvalue weighted by Crippen LogP contribution is -2.48. The lowest BCUT2D eigenvalue weighted by Gasteiger charge is -2.35. The van der Waals surface area contributed by atoms with Crippen molar-refractivity contribution in [3.8, 4) is 11.9 Å². The van der Waals surface area contributed by atoms with Crippen molar-refractivity contribution in [3.05, 3.63) is 69.3 Å². The molecule has 3 aromatic heterocycles. The first-order chi connectivity index (χ1) is 19.0. The Morgan fingerprint density at radius 1 is 1.07 bits per heavy atom. The molecule has 1 aromatic carbocycles. The number of halogens is 4. The van der Waals surface area contributed by atoms with E-state index in [1.807, 2.05) is 11.0 Å². The number of carbonyl (C=O) groups is 1. The summed E-state index contributed by atoms with van der Waals surface area (Å²) in [6, 6.07) is 10.3. The lowest BCUT2D eigenvalue weighted by molar-refractivity contribution is -0.146. The van der Waals surface area contributed by atoms with Gasteiger partial charge in [0.1, 0.15) is 0 Å². The number of rotatable bonds is 6. The molecule has 0 N–H and O–H groups in total. The summed E-state index contributed by atoms with van der Waals surface area (Å²) in [5, 5.41) is 24.9. The van der Waals surface area contributed by atoms with Crippen molar-refractivity contribution < 1.29 is 18.0 Å². The number of hydrogen-bond donors (Lipinski definition) is 0. The Hall–Kier alpha value is -4.02. The minimum absolute atomic E-state index is 0.0245. The van der Waals surface area contributed by atoms with Crippen molar-refractivity contribution in [1.29, 1.82) is 5.26 Å². The number of hydrogen-bond acceptors (Lipinski definition) is 7. The molecule has 1 aliphatic rings. The Morgan fingerprint density at radius 3 is 2.50 bits per heavy atom. The van der Waals surface area contributed by atoms with Crippen molar-refractivity contribution in [1.82, 2.24) is 39.4 Å². The quantitative estimate of drug-likeness (QED) is 0.347. The number of nitrogens with zero attached hydrogens (tertiary/aromatic N) is 9. The first kappa shape index (κ1) is 27.5. The fourth-order valence-corrected chi connectivity index (χ4v) is 5.10. The van der Waals surface area contributed by atoms with E-state index in [0.29, 0.717) is 65.6 Å². The van der Waals surface area contributed by atoms with E-state index in [2.05, 4.69) is 31.4 Å². The van der Waals surface area contributed by atoms with Crippen LogP contribution in [-0.4, -0.2) is 71.5 Å². The second kappa shape index (κ2) is 10.9. The maximum atomic E-state index is 13.3. The molecule has 4 aromatic rings. The summed E-state index contributed by atoms with van der Waals surface area (Å²) in [4.78, 5) is 17.1. The van der Waals surface area contributed by atoms with Crippen molar-refractivity contribution in [3.63, 3.8) is 0 Å². The summed E-state index contributed by atoms with van der Waals surface area (Å²) in [5.74, 6) is -0.993. The maximum Gasteiger partial charge on any atom is 0.453 e. The average Bonchev–Trinajstić information content (AvgIpc) is 3.48. The summed E-state index contributed by atoms with van der Waals surface area (Å²) in [6.45, 7) is 6.83. The number of aryl methyl sites for hydroxylation is 1. The van der Waals surface area contributed by atoms with Gasteiger partial charge in [0.25, 0.3) is 5.82 Å². The van der Waals surface area contributed by atoms with Crippen LogP contribution in [-0.2, 0) is 23.9 Å². The van der Waals surface area contributed by atoms with E-state index >= 15 is 0 Å². The van der Waals surface area contributed by atoms with Crippen LogP contribution in [0.4, 0.5) is 13.2 Å². The Balaban J connectivity index is 1.21. The molecule has 0 aliphatic carbocycles. The highest BCUT2D eigenvalue weighted by Crippen LogP contribution is 2.28. The van der Waals surface area contributed by atoms with Gasteiger partial charge in [-0.3, -0.25) is 9.69 Å². The van der Waals surface area contributed by atoms with Crippen LogP contribution in [0.1, 0.15) is 40.3 Å². The number of aromatic nitrogens is 6. The molecule has 0 saturated carbocycles. The van der Waals surface area contributed by atoms with E-state index in [4.69, 9.17) is 16.9 Å². The topological polar surface area (TPSA) is 108 Å². The predicted molar refractivity (Wildman–Crippen MR) is 139 cm³/mol. The number of piperazine rings is 1. The Labute approximate surface area is 232 Å². The molecule has 208 valence electrons. The third kappa shape index (κ3) is 5.50. The van der Waals surface area contributed by atoms with Crippen LogP contribution in [0.5, 0.6) is 0 Å². The highest BCUT2D eigenvalue weighted by Gasteiger charge is 2.37. The van der Waals surface area contributed by atoms with E-state index in [1.54, 1.807) is 26.0 Å². The SMILES string of the molecule is Cc1nn(-c2ccc3nnc(C(F)(F)F)n3n2)c(C)c1CCC(=O)N1CCN(Cc2ccc(C#N)cc2Cl)CC1. The van der Waals surface area contributed by atoms with E-state index < -0.39 is 12.0 Å². The zero-order valence-electron chi connectivity index (χ0n) is 21.8. The highest BCUT2D eigenvalue weighted by atomic mass is 35.5. The fraction of sp³-hybridized carbons (Fsp3) is 0.385. The van der Waals surface area contributed by atoms with Gasteiger partial charge in [0.2, 0.25) is 5.91 Å². The molecular weight excluding hydrogens is 547 g/mol. The van der Waals surface area contributed by atoms with Gasteiger partial charge in [0, 0.05) is 49.9 Å². The molecule has 1 fully saturated rings. The van der Waals surface area contributed by atoms with Crippen LogP contribution >= 0.6 is 11.6 Å². The van der Waals surface area contributed by atoms with E-state index in [0.717, 1.165) is 11.1 Å². The highest BCUT2D eigenvalue weighted by molar-refractivity contribution is 6.31. The Kier molecular flexibility index (Phi) is 7.48. The molecule has 5 rings (SSSR count). The Morgan fingerprint density at radius 2 is 1.82 bits per heavy atom. The van der Waals surface area contributed by atoms with Crippen molar-refractivity contribution in [2.75, 3.05) is 26.2 Å². The molecule has 0 atom stereocenters. The summed E-state index contributed by atoms with van der Waals surface area (Å²) < 4.78 is 42.0. The average molecular weight is 572 g/mol. The van der Waals surface area contributed by atoms with Crippen LogP contribution in [0.15, 0.2) is 30.3 Å². The van der Waals surface area contributed by atoms with Gasteiger partial charge in [-0.15, -0.1) is 15.3 Å². The molecule has 14 heteroatoms. The van der Waals surface area contributed by atoms with Gasteiger partial charge in [-0.05, 0) is 55.7 Å². The minimum Gasteiger partial charge on any atom is -0.340 e. The van der Waals surface area contributed by atoms with Crippen LogP contribution < -0.4 is 0 Å². The van der Waals surface area contributed by atoms with Gasteiger partial charge >= 0.3 is 6.18 Å². The number of carbonyl (C=O) groups excluding carboxylic acids is 1. The summed E-state index contributed by atoms with van der Waals surface area (Å²) >= 11 is 6.31. The van der Waals surface area contributed by atoms with Gasteiger partial charge in [-0.25, -0.2) is 4.68 Å². The fourth-order valence-electron chi connectivity index (χ4n) is 4.86. The molecule has 40 heavy (non-hydrogen) atoms. The van der Waals surface area contributed by atoms with Crippen LogP contribution in [0.3, 0.4) is 0 Å². The Bertz CT molecular complexity index is 1610. The monoisotopic (exact) mass is 571 g/mol. The third-order valence-electron chi connectivity index (χ3n) is 7.05. The van der Waals surface area contributed by atoms with Gasteiger partial charge in [-0.1, -0.05) is 17.7 Å². The van der Waals surface area contributed by atoms with E-state index in [-0.39, 0.29) is 23.8 Å². The number of alkyl halides is 3. The van der Waals surface area contributed by atoms with Crippen LogP contribution in [0, 0.1) is 25.2 Å². The largest absolute Gasteiger partial charge is 0.453 e. The zero-order valence-corrected chi connectivity index (χ0v) is 22.5. The van der Waals surface area contributed by atoms with Gasteiger partial charge < -0.3 is 4.90 Å². The normalized spacial score (nSPS) is 14.6. The second-order valence-corrected chi connectivity index (χ2v) is 10.0. The maximum absolute atomic E-state index is 13.3. The molecule has 0 radical (unpaired) electrons. The van der Waals surface area contributed by atoms with Crippen LogP contribution in [0.2, 0.25) is 5.02 Å². The third-order valence-corrected chi connectivity index (χ3v) is 7.40. The van der Waals surface area contributed by atoms with Gasteiger partial charge in [-0.2, -0.15) is 28.0 Å². The standard InChI is InChI=1S/C26H25ClF3N9O/c1-16-20(17(2)38(34-16)23-7-6-22-32-33-25(26(28,29)30)39(22)35-23)5-8-24(40)37-11-9-36(10-12-37)15-19-4-3-18(14-31)13-21(19)27/h3-4,6-7,13H,5,8-12,15H2,1-2H3. The molecule has 0 bridgehead atoms. The molecule has 0 unspecified atom stereocenters. The second-order valence-electron chi connectivity index (χ2n) is 9.62. The number of amides is 1. The molecule has 1 amide bonds. The van der Waals surface area contributed by atoms with E-state index in [1.165, 1.54) is 16.8 Å². The van der Waals surface area contributed by atoms with Gasteiger partial charge in [0.05, 0.1) is 17.3 Å². The van der Waals surface area contributed by atoms with Crippen molar-refractivity contribution >= 4 is 23.2 Å². The molecule has 4 heterocycles. The molecule has 0 spiro atoms. The first-order valence-corrected chi connectivity index (χ1v) is 13.0. The van der Waals surface area contributed by atoms with Crippen molar-refractivity contribution in [2.24, 2.45) is 0 Å². The van der Waals surface area contributed by atoms with Gasteiger partial charge in [0.15, 0.2) is 11.5 Å². The molecule has 10 nitrogen and oxygen atoms in total. The lowest BCUT2D eigenvalue weighted by atomic mass is 10.1. The summed E-state index contributed by atoms with van der Waals surface area (Å²) in [5.41, 5.74) is 3.66. The molecule has 1 aliphatic heterocycles. The van der Waals surface area contributed by atoms with Crippen molar-refractivity contribution in [2.45, 2.75) is 39.4 Å². The smallest absolute Gasteiger partial charge is 0.340 e. The zero-order chi connectivity index (χ0) is 28.6. The van der Waals surface area contributed by atoms with Crippen LogP contribution in [0.25, 0.3) is 11.5 Å². The summed E-state index contributed by atoms with van der Waals surface area (Å²) in [6.07, 6.45) is -3.97. The summed E-state index contributed by atoms with van der Waals surface area (Å²) in [7, 11) is 0. The molecular formula is C26H25ClF3N9O. The van der Waals surface area contributed by atoms with E-state index in [9.17, 15) is 18.0 Å². The first-order valence-electron chi connectivity index (χ1n) is 12.6. The number of nitriles is 1. The number of benzene rings is 1. The number of fused-ring (bicyclic) bond motifs is 1. The molecule has 1 saturated heterocycles. The predicted octanol–water partition coefficient (Wildman–Crippen LogP) is 3.75. The minimum atomic E-state index is -4.70.